The lowest BCUT2D eigenvalue weighted by atomic mass is 9.90. The SMILES string of the molecule is c1ccc([C@@H]2CN3CC[C@@H]2O3)cc1. The molecule has 0 radical (unpaired) electrons. The third-order valence-corrected chi connectivity index (χ3v) is 3.02. The maximum Gasteiger partial charge on any atom is 0.0887 e. The predicted molar refractivity (Wildman–Crippen MR) is 50.2 cm³/mol. The average molecular weight is 175 g/mol. The van der Waals surface area contributed by atoms with E-state index in [1.807, 2.05) is 0 Å². The van der Waals surface area contributed by atoms with Gasteiger partial charge in [0.25, 0.3) is 0 Å². The summed E-state index contributed by atoms with van der Waals surface area (Å²) in [4.78, 5) is 5.67. The molecule has 3 rings (SSSR count). The van der Waals surface area contributed by atoms with Crippen molar-refractivity contribution in [3.05, 3.63) is 35.9 Å². The summed E-state index contributed by atoms with van der Waals surface area (Å²) in [6.45, 7) is 2.20. The zero-order valence-corrected chi connectivity index (χ0v) is 7.52. The van der Waals surface area contributed by atoms with Gasteiger partial charge in [0.2, 0.25) is 0 Å². The van der Waals surface area contributed by atoms with Gasteiger partial charge in [-0.3, -0.25) is 4.84 Å². The summed E-state index contributed by atoms with van der Waals surface area (Å²) in [5, 5.41) is 2.10. The van der Waals surface area contributed by atoms with Gasteiger partial charge in [0.05, 0.1) is 6.10 Å². The molecule has 2 nitrogen and oxygen atoms in total. The molecule has 0 aromatic heterocycles. The van der Waals surface area contributed by atoms with Crippen LogP contribution in [0.3, 0.4) is 0 Å². The Labute approximate surface area is 78.1 Å². The molecule has 68 valence electrons. The lowest BCUT2D eigenvalue weighted by molar-refractivity contribution is -0.0908. The van der Waals surface area contributed by atoms with Gasteiger partial charge in [-0.2, -0.15) is 5.06 Å². The van der Waals surface area contributed by atoms with Crippen LogP contribution in [-0.2, 0) is 4.84 Å². The van der Waals surface area contributed by atoms with E-state index in [4.69, 9.17) is 4.84 Å². The maximum absolute atomic E-state index is 5.67. The molecule has 1 aromatic rings. The molecular weight excluding hydrogens is 162 g/mol. The van der Waals surface area contributed by atoms with Crippen LogP contribution < -0.4 is 0 Å². The lowest BCUT2D eigenvalue weighted by Crippen LogP contribution is -2.23. The van der Waals surface area contributed by atoms with Crippen molar-refractivity contribution in [2.75, 3.05) is 13.1 Å². The van der Waals surface area contributed by atoms with E-state index in [9.17, 15) is 0 Å². The highest BCUT2D eigenvalue weighted by Crippen LogP contribution is 2.36. The molecular formula is C11H13NO. The fourth-order valence-corrected chi connectivity index (χ4v) is 2.33. The molecule has 2 bridgehead atoms. The minimum atomic E-state index is 0.447. The van der Waals surface area contributed by atoms with Crippen LogP contribution in [-0.4, -0.2) is 24.3 Å². The first-order valence-electron chi connectivity index (χ1n) is 4.90. The minimum Gasteiger partial charge on any atom is -0.295 e. The topological polar surface area (TPSA) is 12.5 Å². The second-order valence-electron chi connectivity index (χ2n) is 3.84. The summed E-state index contributed by atoms with van der Waals surface area (Å²) < 4.78 is 0. The second-order valence-corrected chi connectivity index (χ2v) is 3.84. The molecule has 0 spiro atoms. The number of benzene rings is 1. The molecule has 1 aromatic carbocycles. The van der Waals surface area contributed by atoms with Gasteiger partial charge in [-0.1, -0.05) is 30.3 Å². The Kier molecular flexibility index (Phi) is 1.64. The van der Waals surface area contributed by atoms with E-state index >= 15 is 0 Å². The summed E-state index contributed by atoms with van der Waals surface area (Å²) in [7, 11) is 0. The van der Waals surface area contributed by atoms with E-state index in [2.05, 4.69) is 35.4 Å². The van der Waals surface area contributed by atoms with Crippen LogP contribution in [0.1, 0.15) is 17.9 Å². The molecule has 0 aliphatic carbocycles. The minimum absolute atomic E-state index is 0.447. The second kappa shape index (κ2) is 2.82. The van der Waals surface area contributed by atoms with Gasteiger partial charge in [0.1, 0.15) is 0 Å². The molecule has 2 saturated heterocycles. The zero-order chi connectivity index (χ0) is 8.67. The van der Waals surface area contributed by atoms with E-state index in [-0.39, 0.29) is 0 Å². The third-order valence-electron chi connectivity index (χ3n) is 3.02. The fraction of sp³-hybridized carbons (Fsp3) is 0.455. The molecule has 2 heteroatoms. The Morgan fingerprint density at radius 1 is 1.23 bits per heavy atom. The molecule has 2 aliphatic rings. The van der Waals surface area contributed by atoms with Gasteiger partial charge in [-0.05, 0) is 12.0 Å². The van der Waals surface area contributed by atoms with Crippen LogP contribution in [0.25, 0.3) is 0 Å². The largest absolute Gasteiger partial charge is 0.295 e. The summed E-state index contributed by atoms with van der Waals surface area (Å²) in [6.07, 6.45) is 1.64. The van der Waals surface area contributed by atoms with Gasteiger partial charge in [-0.25, -0.2) is 0 Å². The number of hydrogen-bond acceptors (Lipinski definition) is 2. The standard InChI is InChI=1S/C11H13NO/c1-2-4-9(5-3-1)10-8-12-7-6-11(10)13-12/h1-5,10-11H,6-8H2/t10-,11-/m0/s1. The molecule has 1 unspecified atom stereocenters. The van der Waals surface area contributed by atoms with Crippen molar-refractivity contribution < 1.29 is 4.84 Å². The number of rotatable bonds is 1. The average Bonchev–Trinajstić information content (AvgIpc) is 2.80. The van der Waals surface area contributed by atoms with Crippen LogP contribution in [0.15, 0.2) is 30.3 Å². The van der Waals surface area contributed by atoms with Gasteiger partial charge in [-0.15, -0.1) is 0 Å². The Hall–Kier alpha value is -0.860. The molecule has 13 heavy (non-hydrogen) atoms. The number of hydroxylamine groups is 2. The smallest absolute Gasteiger partial charge is 0.0887 e. The number of fused-ring (bicyclic) bond motifs is 2. The van der Waals surface area contributed by atoms with Crippen molar-refractivity contribution in [1.82, 2.24) is 5.06 Å². The molecule has 2 heterocycles. The highest BCUT2D eigenvalue weighted by molar-refractivity contribution is 5.22. The number of hydrogen-bond donors (Lipinski definition) is 0. The van der Waals surface area contributed by atoms with E-state index in [0.29, 0.717) is 12.0 Å². The summed E-state index contributed by atoms with van der Waals surface area (Å²) in [5.41, 5.74) is 1.43. The summed E-state index contributed by atoms with van der Waals surface area (Å²) in [6, 6.07) is 10.7. The van der Waals surface area contributed by atoms with Crippen LogP contribution in [0.5, 0.6) is 0 Å². The van der Waals surface area contributed by atoms with Crippen molar-refractivity contribution >= 4 is 0 Å². The van der Waals surface area contributed by atoms with Gasteiger partial charge in [0, 0.05) is 19.0 Å². The number of piperidine rings is 1. The molecule has 3 atom stereocenters. The van der Waals surface area contributed by atoms with Crippen LogP contribution in [0.4, 0.5) is 0 Å². The highest BCUT2D eigenvalue weighted by Gasteiger charge is 2.40. The Balaban J connectivity index is 1.87. The molecule has 2 fully saturated rings. The first-order chi connectivity index (χ1) is 6.43. The van der Waals surface area contributed by atoms with Crippen LogP contribution >= 0.6 is 0 Å². The molecule has 0 saturated carbocycles. The highest BCUT2D eigenvalue weighted by atomic mass is 16.7. The summed E-state index contributed by atoms with van der Waals surface area (Å²) >= 11 is 0. The van der Waals surface area contributed by atoms with E-state index in [1.165, 1.54) is 12.0 Å². The van der Waals surface area contributed by atoms with Crippen molar-refractivity contribution in [3.8, 4) is 0 Å². The summed E-state index contributed by atoms with van der Waals surface area (Å²) in [5.74, 6) is 0.606. The Morgan fingerprint density at radius 2 is 2.08 bits per heavy atom. The van der Waals surface area contributed by atoms with E-state index in [1.54, 1.807) is 0 Å². The third kappa shape index (κ3) is 1.18. The van der Waals surface area contributed by atoms with Crippen molar-refractivity contribution in [3.63, 3.8) is 0 Å². The van der Waals surface area contributed by atoms with Crippen molar-refractivity contribution in [2.45, 2.75) is 18.4 Å². The monoisotopic (exact) mass is 175 g/mol. The normalized spacial score (nSPS) is 36.8. The van der Waals surface area contributed by atoms with E-state index < -0.39 is 0 Å². The molecule has 0 N–H and O–H groups in total. The van der Waals surface area contributed by atoms with Crippen LogP contribution in [0.2, 0.25) is 0 Å². The predicted octanol–water partition coefficient (Wildman–Crippen LogP) is 1.79. The molecule has 0 amide bonds. The zero-order valence-electron chi connectivity index (χ0n) is 7.52. The van der Waals surface area contributed by atoms with Crippen molar-refractivity contribution in [2.24, 2.45) is 0 Å². The van der Waals surface area contributed by atoms with Gasteiger partial charge in [0.15, 0.2) is 0 Å². The first-order valence-corrected chi connectivity index (χ1v) is 4.90. The van der Waals surface area contributed by atoms with Crippen molar-refractivity contribution in [1.29, 1.82) is 0 Å². The van der Waals surface area contributed by atoms with Gasteiger partial charge >= 0.3 is 0 Å². The quantitative estimate of drug-likeness (QED) is 0.645. The lowest BCUT2D eigenvalue weighted by Gasteiger charge is -2.17. The first kappa shape index (κ1) is 7.54. The van der Waals surface area contributed by atoms with E-state index in [0.717, 1.165) is 13.1 Å². The Morgan fingerprint density at radius 3 is 2.69 bits per heavy atom. The fourth-order valence-electron chi connectivity index (χ4n) is 2.33. The maximum atomic E-state index is 5.67. The number of nitrogens with zero attached hydrogens (tertiary/aromatic N) is 1. The molecule has 2 aliphatic heterocycles. The van der Waals surface area contributed by atoms with Gasteiger partial charge < -0.3 is 0 Å². The Bertz CT molecular complexity index is 298. The van der Waals surface area contributed by atoms with Crippen LogP contribution in [0, 0.1) is 0 Å².